The van der Waals surface area contributed by atoms with Crippen LogP contribution in [0.2, 0.25) is 0 Å². The lowest BCUT2D eigenvalue weighted by molar-refractivity contribution is 0.0970. The Kier molecular flexibility index (Phi) is 10.7. The van der Waals surface area contributed by atoms with E-state index in [0.717, 1.165) is 58.2 Å². The van der Waals surface area contributed by atoms with Gasteiger partial charge in [-0.15, -0.1) is 45.3 Å². The highest BCUT2D eigenvalue weighted by molar-refractivity contribution is 8.02. The average Bonchev–Trinajstić information content (AvgIpc) is 4.03. The molecule has 14 heteroatoms. The van der Waals surface area contributed by atoms with Crippen LogP contribution in [-0.4, -0.2) is 31.5 Å². The summed E-state index contributed by atoms with van der Waals surface area (Å²) < 4.78 is 7.59. The van der Waals surface area contributed by atoms with Crippen molar-refractivity contribution in [2.24, 2.45) is 0 Å². The number of thiazole rings is 4. The molecule has 0 radical (unpaired) electrons. The van der Waals surface area contributed by atoms with Gasteiger partial charge in [-0.3, -0.25) is 9.59 Å². The van der Waals surface area contributed by atoms with Gasteiger partial charge in [0.25, 0.3) is 0 Å². The number of rotatable bonds is 8. The van der Waals surface area contributed by atoms with Crippen molar-refractivity contribution in [2.45, 2.75) is 92.3 Å². The second kappa shape index (κ2) is 16.2. The maximum Gasteiger partial charge on any atom is 0.196 e. The van der Waals surface area contributed by atoms with Gasteiger partial charge in [-0.05, 0) is 173 Å². The lowest BCUT2D eigenvalue weighted by Gasteiger charge is -2.25. The Morgan fingerprint density at radius 3 is 0.750 bits per heavy atom. The summed E-state index contributed by atoms with van der Waals surface area (Å²) >= 11 is 12.2. The Morgan fingerprint density at radius 2 is 0.531 bits per heavy atom. The number of aryl methyl sites for hydroxylation is 8. The molecule has 0 N–H and O–H groups in total. The number of carbonyl (C=O) groups excluding carboxylic acids is 2. The monoisotopic (exact) mass is 980 g/mol. The molecule has 1 aliphatic rings. The van der Waals surface area contributed by atoms with E-state index in [1.54, 1.807) is 45.3 Å². The third-order valence-electron chi connectivity index (χ3n) is 11.9. The Hall–Kier alpha value is -4.38. The largest absolute Gasteiger partial charge is 0.288 e. The van der Waals surface area contributed by atoms with E-state index in [1.807, 2.05) is 24.3 Å². The number of hydrogen-bond acceptors (Lipinski definition) is 14. The lowest BCUT2D eigenvalue weighted by Crippen LogP contribution is -2.24. The number of carbonyl (C=O) groups is 2. The second-order valence-corrected chi connectivity index (χ2v) is 25.5. The van der Waals surface area contributed by atoms with Crippen LogP contribution in [0, 0.1) is 55.4 Å². The first-order valence-corrected chi connectivity index (χ1v) is 26.9. The van der Waals surface area contributed by atoms with Crippen LogP contribution in [0.15, 0.2) is 110 Å². The molecule has 11 rings (SSSR count). The summed E-state index contributed by atoms with van der Waals surface area (Å²) in [7, 11) is 0. The number of ketones is 2. The number of nitrogens with zero attached hydrogens (tertiary/aromatic N) is 4. The predicted molar refractivity (Wildman–Crippen MR) is 273 cm³/mol. The Balaban J connectivity index is 1.09. The Labute approximate surface area is 402 Å². The zero-order chi connectivity index (χ0) is 44.3. The fraction of sp³-hybridized carbons (Fsp3) is 0.160. The van der Waals surface area contributed by atoms with Gasteiger partial charge in [-0.2, -0.15) is 0 Å². The van der Waals surface area contributed by atoms with Crippen molar-refractivity contribution in [3.63, 3.8) is 0 Å². The van der Waals surface area contributed by atoms with Gasteiger partial charge in [0, 0.05) is 41.8 Å². The molecule has 0 saturated carbocycles. The molecular formula is C50H36N4O2S8. The molecule has 4 heterocycles. The minimum atomic E-state index is -0.189. The van der Waals surface area contributed by atoms with Crippen LogP contribution < -0.4 is 0 Å². The van der Waals surface area contributed by atoms with Gasteiger partial charge in [-0.25, -0.2) is 19.9 Å². The molecule has 10 aromatic rings. The maximum absolute atomic E-state index is 15.8. The molecule has 6 nitrogen and oxygen atoms in total. The molecule has 64 heavy (non-hydrogen) atoms. The second-order valence-electron chi connectivity index (χ2n) is 16.2. The molecule has 0 atom stereocenters. The smallest absolute Gasteiger partial charge is 0.196 e. The first-order chi connectivity index (χ1) is 30.7. The molecule has 316 valence electrons. The Morgan fingerprint density at radius 1 is 0.328 bits per heavy atom. The molecule has 6 aromatic carbocycles. The molecule has 4 aromatic heterocycles. The van der Waals surface area contributed by atoms with E-state index >= 15 is 9.59 Å². The molecule has 0 spiro atoms. The van der Waals surface area contributed by atoms with Gasteiger partial charge < -0.3 is 0 Å². The van der Waals surface area contributed by atoms with Crippen molar-refractivity contribution in [1.82, 2.24) is 19.9 Å². The van der Waals surface area contributed by atoms with E-state index in [1.165, 1.54) is 91.6 Å². The van der Waals surface area contributed by atoms with Crippen molar-refractivity contribution in [1.29, 1.82) is 0 Å². The van der Waals surface area contributed by atoms with Crippen molar-refractivity contribution >= 4 is 145 Å². The maximum atomic E-state index is 15.8. The predicted octanol–water partition coefficient (Wildman–Crippen LogP) is 16.0. The van der Waals surface area contributed by atoms with Crippen LogP contribution in [0.25, 0.3) is 40.9 Å². The highest BCUT2D eigenvalue weighted by atomic mass is 32.2. The first-order valence-electron chi connectivity index (χ1n) is 20.4. The Bertz CT molecular complexity index is 3040. The molecule has 0 unspecified atom stereocenters. The van der Waals surface area contributed by atoms with E-state index in [-0.39, 0.29) is 11.6 Å². The van der Waals surface area contributed by atoms with Gasteiger partial charge in [0.05, 0.1) is 40.9 Å². The number of benzene rings is 6. The minimum absolute atomic E-state index is 0.189. The third kappa shape index (κ3) is 7.44. The molecule has 0 aliphatic heterocycles. The average molecular weight is 981 g/mol. The van der Waals surface area contributed by atoms with E-state index in [9.17, 15) is 0 Å². The summed E-state index contributed by atoms with van der Waals surface area (Å²) in [4.78, 5) is 54.4. The summed E-state index contributed by atoms with van der Waals surface area (Å²) in [6.45, 7) is 16.8. The SMILES string of the molecule is Cc1cc2nc(Sc3ccc(Sc4nc5cc(C)c(C)cc5s4)c4c3C(=O)c3c(Sc5nc6cc(C)c(C)cc6s5)ccc(Sc5nc6cc(C)c(C)cc6s5)c3C4=O)sc2cc1C. The van der Waals surface area contributed by atoms with Crippen LogP contribution in [0.3, 0.4) is 0 Å². The fourth-order valence-corrected chi connectivity index (χ4v) is 16.8. The van der Waals surface area contributed by atoms with E-state index in [2.05, 4.69) is 104 Å². The normalized spacial score (nSPS) is 12.7. The zero-order valence-corrected chi connectivity index (χ0v) is 42.3. The van der Waals surface area contributed by atoms with Crippen LogP contribution >= 0.6 is 92.4 Å². The highest BCUT2D eigenvalue weighted by Crippen LogP contribution is 2.50. The molecule has 0 fully saturated rings. The topological polar surface area (TPSA) is 85.7 Å². The number of fused-ring (bicyclic) bond motifs is 6. The van der Waals surface area contributed by atoms with Gasteiger partial charge in [0.15, 0.2) is 28.9 Å². The highest BCUT2D eigenvalue weighted by Gasteiger charge is 2.39. The van der Waals surface area contributed by atoms with E-state index in [0.29, 0.717) is 41.8 Å². The van der Waals surface area contributed by atoms with Crippen molar-refractivity contribution < 1.29 is 9.59 Å². The van der Waals surface area contributed by atoms with Crippen LogP contribution in [0.5, 0.6) is 0 Å². The number of hydrogen-bond donors (Lipinski definition) is 0. The number of aromatic nitrogens is 4. The summed E-state index contributed by atoms with van der Waals surface area (Å²) in [6, 6.07) is 25.1. The zero-order valence-electron chi connectivity index (χ0n) is 35.8. The van der Waals surface area contributed by atoms with Crippen molar-refractivity contribution in [3.8, 4) is 0 Å². The van der Waals surface area contributed by atoms with Crippen molar-refractivity contribution in [3.05, 3.63) is 140 Å². The molecule has 1 aliphatic carbocycles. The van der Waals surface area contributed by atoms with Crippen molar-refractivity contribution in [2.75, 3.05) is 0 Å². The summed E-state index contributed by atoms with van der Waals surface area (Å²) in [5.41, 5.74) is 14.8. The van der Waals surface area contributed by atoms with Gasteiger partial charge in [-0.1, -0.05) is 47.0 Å². The van der Waals surface area contributed by atoms with Gasteiger partial charge in [0.1, 0.15) is 0 Å². The standard InChI is InChI=1S/C50H36N4O2S8/c1-21-13-29-37(17-25(21)5)61-47(51-29)57-33-9-10-34(58-48-52-30-14-22(2)26(6)18-38(30)62-48)42-41(33)45(55)43-35(59-49-53-31-15-23(3)27(7)19-39(31)63-49)11-12-36(44(43)46(42)56)60-50-54-32-16-24(4)28(8)20-40(32)64-50/h9-20H,1-8H3. The molecule has 0 amide bonds. The van der Waals surface area contributed by atoms with E-state index < -0.39 is 0 Å². The first kappa shape index (κ1) is 42.3. The van der Waals surface area contributed by atoms with Crippen LogP contribution in [0.1, 0.15) is 76.4 Å². The quantitative estimate of drug-likeness (QED) is 0.147. The van der Waals surface area contributed by atoms with Crippen LogP contribution in [-0.2, 0) is 0 Å². The fourth-order valence-electron chi connectivity index (χ4n) is 7.81. The van der Waals surface area contributed by atoms with Crippen LogP contribution in [0.4, 0.5) is 0 Å². The third-order valence-corrected chi connectivity index (χ3v) is 20.4. The summed E-state index contributed by atoms with van der Waals surface area (Å²) in [5, 5.41) is 0. The minimum Gasteiger partial charge on any atom is -0.288 e. The van der Waals surface area contributed by atoms with Gasteiger partial charge in [0.2, 0.25) is 0 Å². The van der Waals surface area contributed by atoms with E-state index in [4.69, 9.17) is 19.9 Å². The summed E-state index contributed by atoms with van der Waals surface area (Å²) in [5.74, 6) is -0.377. The molecular weight excluding hydrogens is 945 g/mol. The molecule has 0 saturated heterocycles. The lowest BCUT2D eigenvalue weighted by atomic mass is 9.84. The van der Waals surface area contributed by atoms with Gasteiger partial charge >= 0.3 is 0 Å². The molecule has 0 bridgehead atoms. The summed E-state index contributed by atoms with van der Waals surface area (Å²) in [6.07, 6.45) is 0.